The minimum Gasteiger partial charge on any atom is -0.394 e. The molecule has 0 aliphatic carbocycles. The van der Waals surface area contributed by atoms with E-state index in [2.05, 4.69) is 4.79 Å². The monoisotopic (exact) mass is 232 g/mol. The molecule has 1 saturated heterocycles. The Labute approximate surface area is 90.3 Å². The second kappa shape index (κ2) is 5.26. The summed E-state index contributed by atoms with van der Waals surface area (Å²) < 4.78 is 4.88. The molecule has 8 heteroatoms. The fourth-order valence-electron chi connectivity index (χ4n) is 1.47. The van der Waals surface area contributed by atoms with Gasteiger partial charge in [0.25, 0.3) is 5.78 Å². The summed E-state index contributed by atoms with van der Waals surface area (Å²) in [6.07, 6.45) is -6.91. The van der Waals surface area contributed by atoms with Crippen molar-refractivity contribution in [2.45, 2.75) is 30.5 Å². The second-order valence-electron chi connectivity index (χ2n) is 3.40. The van der Waals surface area contributed by atoms with Crippen molar-refractivity contribution in [3.05, 3.63) is 5.53 Å². The summed E-state index contributed by atoms with van der Waals surface area (Å²) in [5.74, 6) is -0.876. The van der Waals surface area contributed by atoms with Crippen molar-refractivity contribution in [2.24, 2.45) is 0 Å². The first kappa shape index (κ1) is 12.9. The van der Waals surface area contributed by atoms with Crippen molar-refractivity contribution in [3.63, 3.8) is 0 Å². The summed E-state index contributed by atoms with van der Waals surface area (Å²) in [4.78, 5) is 13.7. The minimum atomic E-state index is -1.65. The van der Waals surface area contributed by atoms with Gasteiger partial charge in [0, 0.05) is 0 Å². The van der Waals surface area contributed by atoms with Gasteiger partial charge in [-0.2, -0.15) is 4.79 Å². The molecule has 0 aromatic carbocycles. The zero-order valence-electron chi connectivity index (χ0n) is 8.17. The maximum absolute atomic E-state index is 11.3. The molecule has 1 fully saturated rings. The van der Waals surface area contributed by atoms with E-state index in [1.807, 2.05) is 0 Å². The van der Waals surface area contributed by atoms with Gasteiger partial charge < -0.3 is 30.7 Å². The van der Waals surface area contributed by atoms with E-state index in [-0.39, 0.29) is 0 Å². The Morgan fingerprint density at radius 2 is 1.94 bits per heavy atom. The highest BCUT2D eigenvalue weighted by molar-refractivity contribution is 6.27. The van der Waals surface area contributed by atoms with Gasteiger partial charge in [0.2, 0.25) is 0 Å². The van der Waals surface area contributed by atoms with E-state index in [1.165, 1.54) is 0 Å². The molecule has 0 saturated carbocycles. The standard InChI is InChI=1S/C8H12N2O6/c9-10-1-3(12)8-7(15)6(14)5(13)4(2-11)16-8/h1,4-8,11,13-15H,2H2/t4-,5+,6+,7-,8+/m1/s1. The average Bonchev–Trinajstić information content (AvgIpc) is 2.27. The van der Waals surface area contributed by atoms with Crippen molar-refractivity contribution >= 4 is 12.0 Å². The fourth-order valence-corrected chi connectivity index (χ4v) is 1.47. The fraction of sp³-hybridized carbons (Fsp3) is 0.750. The van der Waals surface area contributed by atoms with Crippen LogP contribution in [0.4, 0.5) is 0 Å². The molecule has 0 aromatic heterocycles. The van der Waals surface area contributed by atoms with Gasteiger partial charge in [-0.05, 0) is 0 Å². The molecular formula is C8H12N2O6. The Bertz CT molecular complexity index is 314. The Morgan fingerprint density at radius 1 is 1.31 bits per heavy atom. The number of aliphatic hydroxyl groups excluding tert-OH is 4. The highest BCUT2D eigenvalue weighted by Crippen LogP contribution is 2.21. The van der Waals surface area contributed by atoms with E-state index in [0.717, 1.165) is 0 Å². The van der Waals surface area contributed by atoms with Crippen LogP contribution in [0.1, 0.15) is 0 Å². The lowest BCUT2D eigenvalue weighted by atomic mass is 9.93. The highest BCUT2D eigenvalue weighted by Gasteiger charge is 2.46. The van der Waals surface area contributed by atoms with E-state index in [9.17, 15) is 20.1 Å². The number of rotatable bonds is 3. The van der Waals surface area contributed by atoms with Crippen LogP contribution in [0.25, 0.3) is 5.53 Å². The predicted octanol–water partition coefficient (Wildman–Crippen LogP) is -3.30. The quantitative estimate of drug-likeness (QED) is 0.228. The summed E-state index contributed by atoms with van der Waals surface area (Å²) >= 11 is 0. The molecule has 4 N–H and O–H groups in total. The maximum atomic E-state index is 11.3. The molecule has 1 aliphatic heterocycles. The molecule has 0 amide bonds. The normalized spacial score (nSPS) is 38.9. The second-order valence-corrected chi connectivity index (χ2v) is 3.40. The van der Waals surface area contributed by atoms with Gasteiger partial charge in [0.05, 0.1) is 6.61 Å². The third kappa shape index (κ3) is 2.33. The van der Waals surface area contributed by atoms with Gasteiger partial charge in [-0.3, -0.25) is 4.79 Å². The van der Waals surface area contributed by atoms with Crippen LogP contribution in [0.15, 0.2) is 0 Å². The summed E-state index contributed by atoms with van der Waals surface area (Å²) in [5.41, 5.74) is 8.14. The first-order valence-electron chi connectivity index (χ1n) is 4.54. The number of aliphatic hydroxyl groups is 4. The summed E-state index contributed by atoms with van der Waals surface area (Å²) in [7, 11) is 0. The van der Waals surface area contributed by atoms with Crippen molar-refractivity contribution in [2.75, 3.05) is 6.61 Å². The topological polar surface area (TPSA) is 144 Å². The first-order chi connectivity index (χ1) is 7.52. The molecule has 1 heterocycles. The SMILES string of the molecule is [N-]=[N+]=CC(=O)[C@@H]1O[C@H](CO)[C@H](O)[C@H](O)[C@H]1O. The Balaban J connectivity index is 2.86. The highest BCUT2D eigenvalue weighted by atomic mass is 16.5. The van der Waals surface area contributed by atoms with Crippen LogP contribution < -0.4 is 0 Å². The van der Waals surface area contributed by atoms with E-state index < -0.39 is 42.9 Å². The molecule has 5 atom stereocenters. The van der Waals surface area contributed by atoms with Crippen molar-refractivity contribution in [3.8, 4) is 0 Å². The van der Waals surface area contributed by atoms with Crippen LogP contribution in [-0.2, 0) is 9.53 Å². The number of ketones is 1. The summed E-state index contributed by atoms with van der Waals surface area (Å²) in [6.45, 7) is -0.620. The smallest absolute Gasteiger partial charge is 0.326 e. The van der Waals surface area contributed by atoms with Gasteiger partial charge in [-0.1, -0.05) is 0 Å². The number of carbonyl (C=O) groups excluding carboxylic acids is 1. The third-order valence-electron chi connectivity index (χ3n) is 2.36. The lowest BCUT2D eigenvalue weighted by Gasteiger charge is -2.38. The van der Waals surface area contributed by atoms with Crippen molar-refractivity contribution in [1.29, 1.82) is 0 Å². The Morgan fingerprint density at radius 3 is 2.44 bits per heavy atom. The first-order valence-corrected chi connectivity index (χ1v) is 4.54. The molecule has 16 heavy (non-hydrogen) atoms. The Kier molecular flexibility index (Phi) is 4.25. The van der Waals surface area contributed by atoms with Crippen LogP contribution in [0.2, 0.25) is 0 Å². The number of carbonyl (C=O) groups is 1. The predicted molar refractivity (Wildman–Crippen MR) is 48.5 cm³/mol. The molecule has 0 aromatic rings. The zero-order valence-corrected chi connectivity index (χ0v) is 8.17. The molecule has 0 spiro atoms. The Hall–Kier alpha value is -1.15. The molecule has 1 aliphatic rings. The average molecular weight is 232 g/mol. The van der Waals surface area contributed by atoms with Gasteiger partial charge in [-0.15, -0.1) is 0 Å². The maximum Gasteiger partial charge on any atom is 0.326 e. The van der Waals surface area contributed by atoms with E-state index in [0.29, 0.717) is 6.21 Å². The number of hydrogen-bond donors (Lipinski definition) is 4. The summed E-state index contributed by atoms with van der Waals surface area (Å²) in [5, 5.41) is 37.0. The van der Waals surface area contributed by atoms with E-state index in [4.69, 9.17) is 15.4 Å². The van der Waals surface area contributed by atoms with Crippen LogP contribution >= 0.6 is 0 Å². The minimum absolute atomic E-state index is 0.507. The van der Waals surface area contributed by atoms with E-state index in [1.54, 1.807) is 0 Å². The van der Waals surface area contributed by atoms with Gasteiger partial charge in [0.1, 0.15) is 24.4 Å². The van der Waals surface area contributed by atoms with Gasteiger partial charge in [-0.25, -0.2) is 0 Å². The lowest BCUT2D eigenvalue weighted by molar-refractivity contribution is -0.224. The van der Waals surface area contributed by atoms with Crippen LogP contribution in [0.3, 0.4) is 0 Å². The van der Waals surface area contributed by atoms with Crippen molar-refractivity contribution < 1.29 is 34.7 Å². The van der Waals surface area contributed by atoms with Crippen LogP contribution in [0.5, 0.6) is 0 Å². The molecule has 0 bridgehead atoms. The van der Waals surface area contributed by atoms with Crippen LogP contribution in [-0.4, -0.2) is 74.3 Å². The lowest BCUT2D eigenvalue weighted by Crippen LogP contribution is -2.60. The molecule has 90 valence electrons. The number of Topliss-reactive ketones (excluding diaryl/α,β-unsaturated/α-hetero) is 1. The molecule has 1 rings (SSSR count). The molecule has 8 nitrogen and oxygen atoms in total. The summed E-state index contributed by atoms with van der Waals surface area (Å²) in [6, 6.07) is 0. The number of nitrogens with zero attached hydrogens (tertiary/aromatic N) is 2. The van der Waals surface area contributed by atoms with Crippen LogP contribution in [0, 0.1) is 0 Å². The van der Waals surface area contributed by atoms with Gasteiger partial charge >= 0.3 is 6.21 Å². The number of ether oxygens (including phenoxy) is 1. The zero-order chi connectivity index (χ0) is 12.3. The molecule has 0 unspecified atom stereocenters. The van der Waals surface area contributed by atoms with Crippen molar-refractivity contribution in [1.82, 2.24) is 0 Å². The third-order valence-corrected chi connectivity index (χ3v) is 2.36. The van der Waals surface area contributed by atoms with Gasteiger partial charge in [0.15, 0.2) is 6.10 Å². The largest absolute Gasteiger partial charge is 0.394 e. The molecular weight excluding hydrogens is 220 g/mol. The van der Waals surface area contributed by atoms with E-state index >= 15 is 0 Å². The molecule has 0 radical (unpaired) electrons. The number of hydrogen-bond acceptors (Lipinski definition) is 6.